The minimum absolute atomic E-state index is 0.212. The molecular weight excluding hydrogens is 370 g/mol. The van der Waals surface area contributed by atoms with Gasteiger partial charge in [0, 0.05) is 21.3 Å². The van der Waals surface area contributed by atoms with Crippen LogP contribution in [-0.4, -0.2) is 21.0 Å². The van der Waals surface area contributed by atoms with Crippen LogP contribution in [-0.2, 0) is 19.6 Å². The van der Waals surface area contributed by atoms with Crippen molar-refractivity contribution in [1.29, 1.82) is 0 Å². The van der Waals surface area contributed by atoms with E-state index in [4.69, 9.17) is 4.74 Å². The molecule has 0 bridgehead atoms. The molecule has 0 aliphatic rings. The number of hydrogen-bond acceptors (Lipinski definition) is 5. The average molecular weight is 387 g/mol. The summed E-state index contributed by atoms with van der Waals surface area (Å²) in [6.07, 6.45) is 3.07. The van der Waals surface area contributed by atoms with Crippen molar-refractivity contribution in [3.63, 3.8) is 0 Å². The van der Waals surface area contributed by atoms with Crippen LogP contribution in [0.4, 0.5) is 5.69 Å². The molecule has 3 rings (SSSR count). The standard InChI is InChI=1S/C19H17NO4S2/c1-2-24-19(21)11-9-16-13-14-12-15(8-10-18(14)25-16)20-26(22,23)17-6-4-3-5-7-17/h3-13,20H,2H2,1H3/b11-9+. The Bertz CT molecular complexity index is 1050. The van der Waals surface area contributed by atoms with Crippen molar-refractivity contribution in [2.45, 2.75) is 11.8 Å². The second-order valence-corrected chi connectivity index (χ2v) is 8.20. The first-order chi connectivity index (χ1) is 12.5. The number of nitrogens with one attached hydrogen (secondary N) is 1. The number of benzene rings is 2. The van der Waals surface area contributed by atoms with Crippen LogP contribution < -0.4 is 4.72 Å². The maximum absolute atomic E-state index is 12.4. The van der Waals surface area contributed by atoms with Crippen LogP contribution in [0.15, 0.2) is 65.6 Å². The predicted octanol–water partition coefficient (Wildman–Crippen LogP) is 4.28. The van der Waals surface area contributed by atoms with Crippen molar-refractivity contribution in [1.82, 2.24) is 0 Å². The van der Waals surface area contributed by atoms with E-state index in [0.29, 0.717) is 12.3 Å². The minimum Gasteiger partial charge on any atom is -0.463 e. The molecule has 0 unspecified atom stereocenters. The van der Waals surface area contributed by atoms with Crippen molar-refractivity contribution in [2.75, 3.05) is 11.3 Å². The van der Waals surface area contributed by atoms with E-state index in [1.165, 1.54) is 17.4 Å². The summed E-state index contributed by atoms with van der Waals surface area (Å²) in [5.41, 5.74) is 0.486. The summed E-state index contributed by atoms with van der Waals surface area (Å²) in [4.78, 5) is 12.5. The molecular formula is C19H17NO4S2. The maximum Gasteiger partial charge on any atom is 0.330 e. The highest BCUT2D eigenvalue weighted by molar-refractivity contribution is 7.92. The molecule has 0 amide bonds. The summed E-state index contributed by atoms with van der Waals surface area (Å²) in [5, 5.41) is 0.895. The van der Waals surface area contributed by atoms with Gasteiger partial charge in [0.05, 0.1) is 11.5 Å². The van der Waals surface area contributed by atoms with Gasteiger partial charge in [0.2, 0.25) is 0 Å². The summed E-state index contributed by atoms with van der Waals surface area (Å²) in [6, 6.07) is 15.5. The highest BCUT2D eigenvalue weighted by atomic mass is 32.2. The third-order valence-electron chi connectivity index (χ3n) is 3.51. The van der Waals surface area contributed by atoms with Gasteiger partial charge in [-0.15, -0.1) is 11.3 Å². The summed E-state index contributed by atoms with van der Waals surface area (Å²) in [7, 11) is -3.62. The van der Waals surface area contributed by atoms with Gasteiger partial charge in [-0.3, -0.25) is 4.72 Å². The van der Waals surface area contributed by atoms with E-state index in [1.54, 1.807) is 55.5 Å². The first-order valence-corrected chi connectivity index (χ1v) is 10.2. The van der Waals surface area contributed by atoms with E-state index >= 15 is 0 Å². The summed E-state index contributed by atoms with van der Waals surface area (Å²) >= 11 is 1.51. The van der Waals surface area contributed by atoms with Crippen LogP contribution in [0.5, 0.6) is 0 Å². The summed E-state index contributed by atoms with van der Waals surface area (Å²) < 4.78 is 33.3. The Morgan fingerprint density at radius 1 is 1.15 bits per heavy atom. The zero-order chi connectivity index (χ0) is 18.6. The number of esters is 1. The minimum atomic E-state index is -3.62. The molecule has 1 aromatic heterocycles. The monoisotopic (exact) mass is 387 g/mol. The van der Waals surface area contributed by atoms with Crippen LogP contribution in [0.2, 0.25) is 0 Å². The molecule has 7 heteroatoms. The van der Waals surface area contributed by atoms with Crippen molar-refractivity contribution >= 4 is 49.2 Å². The van der Waals surface area contributed by atoms with Gasteiger partial charge in [-0.25, -0.2) is 13.2 Å². The maximum atomic E-state index is 12.4. The molecule has 1 N–H and O–H groups in total. The normalized spacial score (nSPS) is 11.7. The Kier molecular flexibility index (Phi) is 5.39. The third-order valence-corrected chi connectivity index (χ3v) is 5.99. The molecule has 5 nitrogen and oxygen atoms in total. The van der Waals surface area contributed by atoms with Crippen LogP contribution in [0.3, 0.4) is 0 Å². The zero-order valence-corrected chi connectivity index (χ0v) is 15.6. The molecule has 0 atom stereocenters. The Morgan fingerprint density at radius 3 is 2.65 bits per heavy atom. The number of anilines is 1. The Labute approximate surface area is 156 Å². The van der Waals surface area contributed by atoms with Crippen LogP contribution in [0.1, 0.15) is 11.8 Å². The lowest BCUT2D eigenvalue weighted by molar-refractivity contribution is -0.137. The molecule has 26 heavy (non-hydrogen) atoms. The first-order valence-electron chi connectivity index (χ1n) is 7.94. The molecule has 134 valence electrons. The highest BCUT2D eigenvalue weighted by Gasteiger charge is 2.13. The van der Waals surface area contributed by atoms with Crippen molar-refractivity contribution < 1.29 is 17.9 Å². The quantitative estimate of drug-likeness (QED) is 0.506. The molecule has 0 saturated carbocycles. The van der Waals surface area contributed by atoms with E-state index in [9.17, 15) is 13.2 Å². The van der Waals surface area contributed by atoms with Crippen LogP contribution >= 0.6 is 11.3 Å². The van der Waals surface area contributed by atoms with Gasteiger partial charge < -0.3 is 4.74 Å². The molecule has 3 aromatic rings. The fourth-order valence-electron chi connectivity index (χ4n) is 2.36. The van der Waals surface area contributed by atoms with E-state index in [0.717, 1.165) is 15.0 Å². The topological polar surface area (TPSA) is 72.5 Å². The van der Waals surface area contributed by atoms with Gasteiger partial charge >= 0.3 is 5.97 Å². The molecule has 0 saturated heterocycles. The molecule has 1 heterocycles. The van der Waals surface area contributed by atoms with Gasteiger partial charge in [0.15, 0.2) is 0 Å². The molecule has 0 spiro atoms. The number of carbonyl (C=O) groups excluding carboxylic acids is 1. The zero-order valence-electron chi connectivity index (χ0n) is 14.0. The largest absolute Gasteiger partial charge is 0.463 e. The molecule has 0 fully saturated rings. The number of thiophene rings is 1. The summed E-state index contributed by atoms with van der Waals surface area (Å²) in [5.74, 6) is -0.388. The van der Waals surface area contributed by atoms with E-state index in [-0.39, 0.29) is 10.9 Å². The Morgan fingerprint density at radius 2 is 1.92 bits per heavy atom. The fourth-order valence-corrected chi connectivity index (χ4v) is 4.38. The third kappa shape index (κ3) is 4.30. The van der Waals surface area contributed by atoms with Gasteiger partial charge in [-0.05, 0) is 54.8 Å². The number of fused-ring (bicyclic) bond motifs is 1. The number of rotatable bonds is 6. The molecule has 0 aliphatic heterocycles. The number of sulfonamides is 1. The van der Waals surface area contributed by atoms with Crippen LogP contribution in [0.25, 0.3) is 16.2 Å². The van der Waals surface area contributed by atoms with Gasteiger partial charge in [-0.2, -0.15) is 0 Å². The SMILES string of the molecule is CCOC(=O)/C=C/c1cc2cc(NS(=O)(=O)c3ccccc3)ccc2s1. The van der Waals surface area contributed by atoms with Crippen molar-refractivity contribution in [3.8, 4) is 0 Å². The second kappa shape index (κ2) is 7.72. The van der Waals surface area contributed by atoms with E-state index < -0.39 is 10.0 Å². The first kappa shape index (κ1) is 18.2. The van der Waals surface area contributed by atoms with Gasteiger partial charge in [0.25, 0.3) is 10.0 Å². The molecule has 0 radical (unpaired) electrons. The summed E-state index contributed by atoms with van der Waals surface area (Å²) in [6.45, 7) is 2.09. The fraction of sp³-hybridized carbons (Fsp3) is 0.105. The lowest BCUT2D eigenvalue weighted by Gasteiger charge is -2.07. The predicted molar refractivity (Wildman–Crippen MR) is 105 cm³/mol. The van der Waals surface area contributed by atoms with Crippen molar-refractivity contribution in [2.24, 2.45) is 0 Å². The highest BCUT2D eigenvalue weighted by Crippen LogP contribution is 2.29. The smallest absolute Gasteiger partial charge is 0.330 e. The van der Waals surface area contributed by atoms with E-state index in [2.05, 4.69) is 4.72 Å². The van der Waals surface area contributed by atoms with Crippen LogP contribution in [0, 0.1) is 0 Å². The van der Waals surface area contributed by atoms with Gasteiger partial charge in [0.1, 0.15) is 0 Å². The Balaban J connectivity index is 1.82. The second-order valence-electron chi connectivity index (χ2n) is 5.41. The molecule has 2 aromatic carbocycles. The lowest BCUT2D eigenvalue weighted by atomic mass is 10.2. The van der Waals surface area contributed by atoms with Gasteiger partial charge in [-0.1, -0.05) is 18.2 Å². The van der Waals surface area contributed by atoms with Crippen molar-refractivity contribution in [3.05, 3.63) is 65.6 Å². The van der Waals surface area contributed by atoms with E-state index in [1.807, 2.05) is 12.1 Å². The lowest BCUT2D eigenvalue weighted by Crippen LogP contribution is -2.12. The molecule has 0 aliphatic carbocycles. The number of carbonyl (C=O) groups is 1. The number of hydrogen-bond donors (Lipinski definition) is 1. The Hall–Kier alpha value is -2.64. The number of ether oxygens (including phenoxy) is 1. The average Bonchev–Trinajstić information content (AvgIpc) is 3.03.